The van der Waals surface area contributed by atoms with Crippen LogP contribution in [0.3, 0.4) is 0 Å². The first-order valence-corrected chi connectivity index (χ1v) is 6.49. The molecule has 0 spiro atoms. The Morgan fingerprint density at radius 1 is 1.22 bits per heavy atom. The van der Waals surface area contributed by atoms with E-state index in [4.69, 9.17) is 0 Å². The number of amides is 1. The third-order valence-corrected chi connectivity index (χ3v) is 3.52. The Bertz CT molecular complexity index is 570. The van der Waals surface area contributed by atoms with Gasteiger partial charge in [-0.2, -0.15) is 5.10 Å². The van der Waals surface area contributed by atoms with Gasteiger partial charge in [-0.1, -0.05) is 17.7 Å². The van der Waals surface area contributed by atoms with Crippen molar-refractivity contribution in [3.05, 3.63) is 57.3 Å². The van der Waals surface area contributed by atoms with E-state index in [2.05, 4.69) is 10.5 Å². The van der Waals surface area contributed by atoms with Gasteiger partial charge in [0.2, 0.25) is 0 Å². The van der Waals surface area contributed by atoms with Crippen molar-refractivity contribution in [1.82, 2.24) is 5.43 Å². The van der Waals surface area contributed by atoms with Crippen molar-refractivity contribution in [3.8, 4) is 0 Å². The van der Waals surface area contributed by atoms with Gasteiger partial charge in [-0.25, -0.2) is 5.43 Å². The maximum absolute atomic E-state index is 11.7. The number of carbonyl (C=O) groups excluding carboxylic acids is 1. The molecule has 1 aromatic heterocycles. The minimum Gasteiger partial charge on any atom is -0.267 e. The topological polar surface area (TPSA) is 41.5 Å². The molecule has 0 bridgehead atoms. The molecule has 0 saturated heterocycles. The van der Waals surface area contributed by atoms with Crippen molar-refractivity contribution in [3.63, 3.8) is 0 Å². The van der Waals surface area contributed by atoms with Gasteiger partial charge in [0.15, 0.2) is 0 Å². The van der Waals surface area contributed by atoms with E-state index in [-0.39, 0.29) is 5.91 Å². The van der Waals surface area contributed by atoms with Gasteiger partial charge < -0.3 is 0 Å². The number of hydrazone groups is 1. The number of benzene rings is 1. The lowest BCUT2D eigenvalue weighted by Gasteiger charge is -1.99. The van der Waals surface area contributed by atoms with Gasteiger partial charge >= 0.3 is 0 Å². The molecule has 0 radical (unpaired) electrons. The highest BCUT2D eigenvalue weighted by Crippen LogP contribution is 2.12. The fourth-order valence-electron chi connectivity index (χ4n) is 1.44. The van der Waals surface area contributed by atoms with Crippen LogP contribution in [0.15, 0.2) is 40.8 Å². The largest absolute Gasteiger partial charge is 0.271 e. The SMILES string of the molecule is Cc1ccc(C(=O)NN=Cc2sccc2C)cc1. The lowest BCUT2D eigenvalue weighted by Crippen LogP contribution is -2.17. The zero-order valence-corrected chi connectivity index (χ0v) is 11.1. The fourth-order valence-corrected chi connectivity index (χ4v) is 2.22. The monoisotopic (exact) mass is 258 g/mol. The molecule has 18 heavy (non-hydrogen) atoms. The van der Waals surface area contributed by atoms with E-state index in [1.807, 2.05) is 37.4 Å². The van der Waals surface area contributed by atoms with E-state index in [1.165, 1.54) is 0 Å². The van der Waals surface area contributed by atoms with Crippen molar-refractivity contribution in [2.45, 2.75) is 13.8 Å². The minimum absolute atomic E-state index is 0.194. The second-order valence-electron chi connectivity index (χ2n) is 4.03. The molecule has 0 unspecified atom stereocenters. The number of hydrogen-bond donors (Lipinski definition) is 1. The van der Waals surface area contributed by atoms with Crippen LogP contribution in [0.25, 0.3) is 0 Å². The number of aryl methyl sites for hydroxylation is 2. The molecular formula is C14H14N2OS. The molecule has 92 valence electrons. The van der Waals surface area contributed by atoms with Gasteiger partial charge in [0, 0.05) is 10.4 Å². The van der Waals surface area contributed by atoms with E-state index in [1.54, 1.807) is 29.7 Å². The summed E-state index contributed by atoms with van der Waals surface area (Å²) in [5, 5.41) is 5.96. The molecule has 1 heterocycles. The van der Waals surface area contributed by atoms with Gasteiger partial charge in [0.1, 0.15) is 0 Å². The Balaban J connectivity index is 1.98. The molecule has 0 aliphatic rings. The predicted molar refractivity (Wildman–Crippen MR) is 75.3 cm³/mol. The van der Waals surface area contributed by atoms with E-state index < -0.39 is 0 Å². The van der Waals surface area contributed by atoms with Crippen LogP contribution in [0.4, 0.5) is 0 Å². The molecule has 0 aliphatic carbocycles. The number of nitrogens with one attached hydrogen (secondary N) is 1. The number of thiophene rings is 1. The van der Waals surface area contributed by atoms with Gasteiger partial charge in [0.05, 0.1) is 6.21 Å². The third kappa shape index (κ3) is 3.05. The zero-order valence-electron chi connectivity index (χ0n) is 10.3. The maximum atomic E-state index is 11.7. The molecule has 0 fully saturated rings. The molecule has 2 aromatic rings. The summed E-state index contributed by atoms with van der Waals surface area (Å²) in [6.07, 6.45) is 1.67. The molecule has 3 nitrogen and oxygen atoms in total. The number of hydrogen-bond acceptors (Lipinski definition) is 3. The van der Waals surface area contributed by atoms with Crippen molar-refractivity contribution < 1.29 is 4.79 Å². The van der Waals surface area contributed by atoms with Crippen molar-refractivity contribution >= 4 is 23.5 Å². The molecule has 1 aromatic carbocycles. The summed E-state index contributed by atoms with van der Waals surface area (Å²) in [6.45, 7) is 4.00. The summed E-state index contributed by atoms with van der Waals surface area (Å²) in [4.78, 5) is 12.8. The Labute approximate surface area is 110 Å². The van der Waals surface area contributed by atoms with Crippen molar-refractivity contribution in [2.24, 2.45) is 5.10 Å². The Morgan fingerprint density at radius 3 is 2.56 bits per heavy atom. The van der Waals surface area contributed by atoms with Crippen LogP contribution in [0.2, 0.25) is 0 Å². The molecule has 4 heteroatoms. The van der Waals surface area contributed by atoms with Crippen molar-refractivity contribution in [1.29, 1.82) is 0 Å². The molecular weight excluding hydrogens is 244 g/mol. The number of rotatable bonds is 3. The molecule has 1 amide bonds. The summed E-state index contributed by atoms with van der Waals surface area (Å²) >= 11 is 1.60. The Kier molecular flexibility index (Phi) is 3.89. The number of nitrogens with zero attached hydrogens (tertiary/aromatic N) is 1. The molecule has 0 aliphatic heterocycles. The first kappa shape index (κ1) is 12.5. The molecule has 0 atom stereocenters. The highest BCUT2D eigenvalue weighted by molar-refractivity contribution is 7.11. The quantitative estimate of drug-likeness (QED) is 0.667. The first-order valence-electron chi connectivity index (χ1n) is 5.61. The fraction of sp³-hybridized carbons (Fsp3) is 0.143. The number of carbonyl (C=O) groups is 1. The Morgan fingerprint density at radius 2 is 1.94 bits per heavy atom. The lowest BCUT2D eigenvalue weighted by atomic mass is 10.1. The van der Waals surface area contributed by atoms with E-state index in [9.17, 15) is 4.79 Å². The highest BCUT2D eigenvalue weighted by Gasteiger charge is 2.02. The summed E-state index contributed by atoms with van der Waals surface area (Å²) in [7, 11) is 0. The van der Waals surface area contributed by atoms with Crippen LogP contribution in [-0.2, 0) is 0 Å². The smallest absolute Gasteiger partial charge is 0.267 e. The van der Waals surface area contributed by atoms with Crippen LogP contribution in [0.1, 0.15) is 26.4 Å². The van der Waals surface area contributed by atoms with Gasteiger partial charge in [-0.15, -0.1) is 11.3 Å². The van der Waals surface area contributed by atoms with Gasteiger partial charge in [-0.3, -0.25) is 4.79 Å². The molecule has 2 rings (SSSR count). The normalized spacial score (nSPS) is 10.8. The van der Waals surface area contributed by atoms with E-state index in [0.717, 1.165) is 16.0 Å². The van der Waals surface area contributed by atoms with Gasteiger partial charge in [0.25, 0.3) is 5.91 Å². The second kappa shape index (κ2) is 5.60. The summed E-state index contributed by atoms with van der Waals surface area (Å²) in [5.74, 6) is -0.194. The zero-order chi connectivity index (χ0) is 13.0. The molecule has 1 N–H and O–H groups in total. The van der Waals surface area contributed by atoms with Crippen LogP contribution < -0.4 is 5.43 Å². The highest BCUT2D eigenvalue weighted by atomic mass is 32.1. The Hall–Kier alpha value is -1.94. The van der Waals surface area contributed by atoms with E-state index >= 15 is 0 Å². The minimum atomic E-state index is -0.194. The lowest BCUT2D eigenvalue weighted by molar-refractivity contribution is 0.0955. The third-order valence-electron chi connectivity index (χ3n) is 2.56. The van der Waals surface area contributed by atoms with Crippen LogP contribution >= 0.6 is 11.3 Å². The van der Waals surface area contributed by atoms with Crippen LogP contribution in [0.5, 0.6) is 0 Å². The summed E-state index contributed by atoms with van der Waals surface area (Å²) < 4.78 is 0. The standard InChI is InChI=1S/C14H14N2OS/c1-10-3-5-12(6-4-10)14(17)16-15-9-13-11(2)7-8-18-13/h3-9H,1-2H3,(H,16,17). The van der Waals surface area contributed by atoms with Gasteiger partial charge in [-0.05, 0) is 43.0 Å². The summed E-state index contributed by atoms with van der Waals surface area (Å²) in [6, 6.07) is 9.41. The molecule has 0 saturated carbocycles. The van der Waals surface area contributed by atoms with E-state index in [0.29, 0.717) is 5.56 Å². The maximum Gasteiger partial charge on any atom is 0.271 e. The predicted octanol–water partition coefficient (Wildman–Crippen LogP) is 3.13. The second-order valence-corrected chi connectivity index (χ2v) is 4.98. The van der Waals surface area contributed by atoms with Crippen LogP contribution in [-0.4, -0.2) is 12.1 Å². The first-order chi connectivity index (χ1) is 8.66. The van der Waals surface area contributed by atoms with Crippen LogP contribution in [0, 0.1) is 13.8 Å². The average molecular weight is 258 g/mol. The summed E-state index contributed by atoms with van der Waals surface area (Å²) in [5.41, 5.74) is 5.42. The average Bonchev–Trinajstić information content (AvgIpc) is 2.76. The van der Waals surface area contributed by atoms with Crippen molar-refractivity contribution in [2.75, 3.05) is 0 Å².